The van der Waals surface area contributed by atoms with E-state index in [0.717, 1.165) is 32.0 Å². The second kappa shape index (κ2) is 8.17. The zero-order chi connectivity index (χ0) is 15.1. The minimum Gasteiger partial charge on any atom is -0.478 e. The predicted molar refractivity (Wildman–Crippen MR) is 85.9 cm³/mol. The molecular weight excluding hydrogens is 264 g/mol. The highest BCUT2D eigenvalue weighted by molar-refractivity contribution is 5.35. The molecule has 21 heavy (non-hydrogen) atoms. The summed E-state index contributed by atoms with van der Waals surface area (Å²) in [5.74, 6) is 2.17. The lowest BCUT2D eigenvalue weighted by Gasteiger charge is -2.25. The van der Waals surface area contributed by atoms with Crippen molar-refractivity contribution in [2.45, 2.75) is 46.1 Å². The molecule has 1 aromatic heterocycles. The van der Waals surface area contributed by atoms with E-state index >= 15 is 0 Å². The first-order chi connectivity index (χ1) is 10.2. The molecule has 1 fully saturated rings. The van der Waals surface area contributed by atoms with E-state index in [0.29, 0.717) is 24.4 Å². The first kappa shape index (κ1) is 16.0. The molecule has 5 heteroatoms. The van der Waals surface area contributed by atoms with Crippen LogP contribution in [0.15, 0.2) is 12.3 Å². The van der Waals surface area contributed by atoms with Crippen LogP contribution in [0, 0.1) is 5.92 Å². The van der Waals surface area contributed by atoms with E-state index in [4.69, 9.17) is 4.74 Å². The number of nitrogens with zero attached hydrogens (tertiary/aromatic N) is 3. The van der Waals surface area contributed by atoms with Crippen LogP contribution in [-0.2, 0) is 0 Å². The smallest absolute Gasteiger partial charge is 0.228 e. The first-order valence-electron chi connectivity index (χ1n) is 8.14. The molecule has 0 saturated carbocycles. The second-order valence-electron chi connectivity index (χ2n) is 6.08. The van der Waals surface area contributed by atoms with Crippen molar-refractivity contribution < 1.29 is 4.74 Å². The number of hydrogen-bond acceptors (Lipinski definition) is 5. The Balaban J connectivity index is 1.95. The molecule has 1 N–H and O–H groups in total. The van der Waals surface area contributed by atoms with Gasteiger partial charge in [0.05, 0.1) is 6.61 Å². The maximum atomic E-state index is 5.61. The quantitative estimate of drug-likeness (QED) is 0.797. The van der Waals surface area contributed by atoms with Gasteiger partial charge in [0.25, 0.3) is 0 Å². The van der Waals surface area contributed by atoms with Gasteiger partial charge in [0.15, 0.2) is 0 Å². The van der Waals surface area contributed by atoms with Gasteiger partial charge >= 0.3 is 0 Å². The van der Waals surface area contributed by atoms with Gasteiger partial charge in [0, 0.05) is 31.4 Å². The van der Waals surface area contributed by atoms with Crippen LogP contribution in [-0.4, -0.2) is 42.3 Å². The number of nitrogens with one attached hydrogen (secondary N) is 1. The third-order valence-corrected chi connectivity index (χ3v) is 3.64. The Bertz CT molecular complexity index is 424. The van der Waals surface area contributed by atoms with Gasteiger partial charge in [0.1, 0.15) is 0 Å². The molecule has 1 atom stereocenters. The highest BCUT2D eigenvalue weighted by Gasteiger charge is 2.26. The van der Waals surface area contributed by atoms with Gasteiger partial charge in [-0.25, -0.2) is 4.98 Å². The van der Waals surface area contributed by atoms with Crippen molar-refractivity contribution in [2.75, 3.05) is 31.1 Å². The molecule has 1 saturated heterocycles. The summed E-state index contributed by atoms with van der Waals surface area (Å²) < 4.78 is 5.61. The Morgan fingerprint density at radius 1 is 1.48 bits per heavy atom. The van der Waals surface area contributed by atoms with E-state index in [1.54, 1.807) is 6.20 Å². The van der Waals surface area contributed by atoms with E-state index in [-0.39, 0.29) is 0 Å². The lowest BCUT2D eigenvalue weighted by atomic mass is 10.2. The summed E-state index contributed by atoms with van der Waals surface area (Å²) in [4.78, 5) is 11.3. The second-order valence-corrected chi connectivity index (χ2v) is 6.08. The van der Waals surface area contributed by atoms with Gasteiger partial charge in [-0.05, 0) is 31.7 Å². The Kier molecular flexibility index (Phi) is 6.23. The summed E-state index contributed by atoms with van der Waals surface area (Å²) in [7, 11) is 0. The monoisotopic (exact) mass is 292 g/mol. The SMILES string of the molecule is CCCOc1ccnc(N2CCCC2CNCC(C)C)n1. The molecule has 118 valence electrons. The largest absolute Gasteiger partial charge is 0.478 e. The Morgan fingerprint density at radius 3 is 3.10 bits per heavy atom. The van der Waals surface area contributed by atoms with E-state index in [2.05, 4.69) is 41.0 Å². The summed E-state index contributed by atoms with van der Waals surface area (Å²) in [6, 6.07) is 2.33. The van der Waals surface area contributed by atoms with Crippen molar-refractivity contribution in [1.29, 1.82) is 0 Å². The van der Waals surface area contributed by atoms with Crippen LogP contribution in [0.2, 0.25) is 0 Å². The van der Waals surface area contributed by atoms with Crippen LogP contribution in [0.5, 0.6) is 5.88 Å². The zero-order valence-electron chi connectivity index (χ0n) is 13.5. The molecule has 1 unspecified atom stereocenters. The number of anilines is 1. The summed E-state index contributed by atoms with van der Waals surface area (Å²) in [5.41, 5.74) is 0. The van der Waals surface area contributed by atoms with Crippen LogP contribution in [0.1, 0.15) is 40.0 Å². The summed E-state index contributed by atoms with van der Waals surface area (Å²) in [5, 5.41) is 3.55. The van der Waals surface area contributed by atoms with Crippen molar-refractivity contribution in [1.82, 2.24) is 15.3 Å². The third-order valence-electron chi connectivity index (χ3n) is 3.64. The topological polar surface area (TPSA) is 50.3 Å². The highest BCUT2D eigenvalue weighted by atomic mass is 16.5. The first-order valence-corrected chi connectivity index (χ1v) is 8.14. The van der Waals surface area contributed by atoms with Crippen molar-refractivity contribution in [2.24, 2.45) is 5.92 Å². The summed E-state index contributed by atoms with van der Waals surface area (Å²) in [6.07, 6.45) is 5.20. The number of hydrogen-bond donors (Lipinski definition) is 1. The van der Waals surface area contributed by atoms with E-state index < -0.39 is 0 Å². The lowest BCUT2D eigenvalue weighted by molar-refractivity contribution is 0.304. The fourth-order valence-corrected chi connectivity index (χ4v) is 2.61. The standard InChI is InChI=1S/C16H28N4O/c1-4-10-21-15-7-8-18-16(19-15)20-9-5-6-14(20)12-17-11-13(2)3/h7-8,13-14,17H,4-6,9-12H2,1-3H3. The van der Waals surface area contributed by atoms with Gasteiger partial charge in [-0.15, -0.1) is 0 Å². The molecule has 0 aromatic carbocycles. The molecule has 1 aromatic rings. The number of aromatic nitrogens is 2. The molecule has 2 rings (SSSR count). The van der Waals surface area contributed by atoms with E-state index in [1.165, 1.54) is 12.8 Å². The van der Waals surface area contributed by atoms with Crippen molar-refractivity contribution in [3.8, 4) is 5.88 Å². The number of ether oxygens (including phenoxy) is 1. The molecule has 1 aliphatic rings. The van der Waals surface area contributed by atoms with Gasteiger partial charge in [-0.3, -0.25) is 0 Å². The van der Waals surface area contributed by atoms with Gasteiger partial charge in [-0.2, -0.15) is 4.98 Å². The number of rotatable bonds is 8. The Labute approximate surface area is 128 Å². The maximum absolute atomic E-state index is 5.61. The minimum absolute atomic E-state index is 0.491. The summed E-state index contributed by atoms with van der Waals surface area (Å²) in [6.45, 7) is 10.4. The Morgan fingerprint density at radius 2 is 2.33 bits per heavy atom. The van der Waals surface area contributed by atoms with Crippen molar-refractivity contribution >= 4 is 5.95 Å². The van der Waals surface area contributed by atoms with Gasteiger partial charge in [-0.1, -0.05) is 20.8 Å². The van der Waals surface area contributed by atoms with E-state index in [1.807, 2.05) is 6.07 Å². The van der Waals surface area contributed by atoms with Gasteiger partial charge < -0.3 is 15.0 Å². The molecule has 0 amide bonds. The predicted octanol–water partition coefficient (Wildman–Crippen LogP) is 2.48. The third kappa shape index (κ3) is 4.84. The van der Waals surface area contributed by atoms with Gasteiger partial charge in [0.2, 0.25) is 11.8 Å². The van der Waals surface area contributed by atoms with Crippen molar-refractivity contribution in [3.63, 3.8) is 0 Å². The fraction of sp³-hybridized carbons (Fsp3) is 0.750. The van der Waals surface area contributed by atoms with Crippen molar-refractivity contribution in [3.05, 3.63) is 12.3 Å². The molecule has 0 radical (unpaired) electrons. The molecule has 1 aliphatic heterocycles. The Hall–Kier alpha value is -1.36. The zero-order valence-corrected chi connectivity index (χ0v) is 13.5. The minimum atomic E-state index is 0.491. The molecular formula is C16H28N4O. The molecule has 0 spiro atoms. The van der Waals surface area contributed by atoms with Crippen LogP contribution in [0.4, 0.5) is 5.95 Å². The molecule has 2 heterocycles. The van der Waals surface area contributed by atoms with Crippen LogP contribution in [0.25, 0.3) is 0 Å². The maximum Gasteiger partial charge on any atom is 0.228 e. The normalized spacial score (nSPS) is 18.5. The fourth-order valence-electron chi connectivity index (χ4n) is 2.61. The molecule has 5 nitrogen and oxygen atoms in total. The molecule has 0 bridgehead atoms. The van der Waals surface area contributed by atoms with E-state index in [9.17, 15) is 0 Å². The lowest BCUT2D eigenvalue weighted by Crippen LogP contribution is -2.39. The highest BCUT2D eigenvalue weighted by Crippen LogP contribution is 2.23. The average Bonchev–Trinajstić information content (AvgIpc) is 2.93. The average molecular weight is 292 g/mol. The van der Waals surface area contributed by atoms with Crippen LogP contribution in [0.3, 0.4) is 0 Å². The van der Waals surface area contributed by atoms with Crippen LogP contribution < -0.4 is 15.0 Å². The summed E-state index contributed by atoms with van der Waals surface area (Å²) >= 11 is 0. The molecule has 0 aliphatic carbocycles. The van der Waals surface area contributed by atoms with Crippen LogP contribution >= 0.6 is 0 Å².